The number of nitrogens with two attached hydrogens (primary N) is 2. The molecule has 26 heavy (non-hydrogen) atoms. The SMILES string of the molecule is CC1CC(C2CCC(C3CC(C)C(O)C(N)C3C)CC2)C(C)C(N)C1O. The van der Waals surface area contributed by atoms with Crippen LogP contribution >= 0.6 is 0 Å². The quantitative estimate of drug-likeness (QED) is 0.605. The molecule has 4 nitrogen and oxygen atoms in total. The third-order valence-corrected chi connectivity index (χ3v) is 8.84. The smallest absolute Gasteiger partial charge is 0.0719 e. The lowest BCUT2D eigenvalue weighted by molar-refractivity contribution is -0.0350. The Labute approximate surface area is 160 Å². The van der Waals surface area contributed by atoms with E-state index in [1.807, 2.05) is 0 Å². The summed E-state index contributed by atoms with van der Waals surface area (Å²) in [6.45, 7) is 8.82. The highest BCUT2D eigenvalue weighted by molar-refractivity contribution is 4.97. The minimum absolute atomic E-state index is 0.0693. The van der Waals surface area contributed by atoms with Gasteiger partial charge < -0.3 is 21.7 Å². The van der Waals surface area contributed by atoms with Gasteiger partial charge in [0.15, 0.2) is 0 Å². The van der Waals surface area contributed by atoms with Crippen LogP contribution < -0.4 is 11.5 Å². The van der Waals surface area contributed by atoms with Gasteiger partial charge in [0.25, 0.3) is 0 Å². The summed E-state index contributed by atoms with van der Waals surface area (Å²) >= 11 is 0. The Hall–Kier alpha value is -0.160. The molecule has 3 rings (SSSR count). The summed E-state index contributed by atoms with van der Waals surface area (Å²) < 4.78 is 0. The lowest BCUT2D eigenvalue weighted by atomic mass is 9.59. The summed E-state index contributed by atoms with van der Waals surface area (Å²) in [5, 5.41) is 20.6. The number of rotatable bonds is 2. The Morgan fingerprint density at radius 3 is 1.23 bits per heavy atom. The van der Waals surface area contributed by atoms with E-state index in [9.17, 15) is 10.2 Å². The van der Waals surface area contributed by atoms with Crippen LogP contribution in [0.1, 0.15) is 66.2 Å². The first-order valence-electron chi connectivity index (χ1n) is 11.1. The van der Waals surface area contributed by atoms with Crippen LogP contribution in [0.25, 0.3) is 0 Å². The Morgan fingerprint density at radius 2 is 0.923 bits per heavy atom. The predicted octanol–water partition coefficient (Wildman–Crippen LogP) is 2.75. The highest BCUT2D eigenvalue weighted by Crippen LogP contribution is 2.48. The van der Waals surface area contributed by atoms with Gasteiger partial charge in [-0.1, -0.05) is 27.7 Å². The van der Waals surface area contributed by atoms with Gasteiger partial charge in [0.1, 0.15) is 0 Å². The maximum atomic E-state index is 10.3. The molecule has 0 bridgehead atoms. The molecule has 4 heteroatoms. The number of hydrogen-bond donors (Lipinski definition) is 4. The molecule has 0 aliphatic heterocycles. The molecule has 0 radical (unpaired) electrons. The van der Waals surface area contributed by atoms with Gasteiger partial charge in [0, 0.05) is 12.1 Å². The van der Waals surface area contributed by atoms with Crippen molar-refractivity contribution in [1.82, 2.24) is 0 Å². The molecule has 0 spiro atoms. The first-order valence-corrected chi connectivity index (χ1v) is 11.1. The monoisotopic (exact) mass is 366 g/mol. The highest BCUT2D eigenvalue weighted by atomic mass is 16.3. The molecular weight excluding hydrogens is 324 g/mol. The Balaban J connectivity index is 1.59. The van der Waals surface area contributed by atoms with Crippen molar-refractivity contribution in [3.63, 3.8) is 0 Å². The number of aliphatic hydroxyl groups is 2. The van der Waals surface area contributed by atoms with E-state index in [2.05, 4.69) is 27.7 Å². The second-order valence-electron chi connectivity index (χ2n) is 10.3. The number of hydrogen-bond acceptors (Lipinski definition) is 4. The van der Waals surface area contributed by atoms with Gasteiger partial charge in [-0.2, -0.15) is 0 Å². The maximum Gasteiger partial charge on any atom is 0.0719 e. The second-order valence-corrected chi connectivity index (χ2v) is 10.3. The Kier molecular flexibility index (Phi) is 6.38. The van der Waals surface area contributed by atoms with Gasteiger partial charge in [0.2, 0.25) is 0 Å². The molecule has 0 amide bonds. The molecule has 10 atom stereocenters. The lowest BCUT2D eigenvalue weighted by Crippen LogP contribution is -2.53. The molecule has 10 unspecified atom stereocenters. The predicted molar refractivity (Wildman–Crippen MR) is 106 cm³/mol. The van der Waals surface area contributed by atoms with E-state index in [0.29, 0.717) is 35.5 Å². The molecule has 152 valence electrons. The zero-order valence-electron chi connectivity index (χ0n) is 17.2. The van der Waals surface area contributed by atoms with Crippen LogP contribution in [0, 0.1) is 47.3 Å². The molecule has 3 aliphatic rings. The molecule has 0 saturated heterocycles. The molecule has 3 saturated carbocycles. The van der Waals surface area contributed by atoms with Crippen molar-refractivity contribution in [2.45, 2.75) is 90.5 Å². The van der Waals surface area contributed by atoms with E-state index >= 15 is 0 Å². The van der Waals surface area contributed by atoms with Crippen molar-refractivity contribution in [3.05, 3.63) is 0 Å². The Bertz CT molecular complexity index is 423. The average Bonchev–Trinajstić information content (AvgIpc) is 2.64. The fraction of sp³-hybridized carbons (Fsp3) is 1.00. The van der Waals surface area contributed by atoms with Gasteiger partial charge >= 0.3 is 0 Å². The fourth-order valence-corrected chi connectivity index (χ4v) is 6.76. The summed E-state index contributed by atoms with van der Waals surface area (Å²) in [6.07, 6.45) is 6.76. The van der Waals surface area contributed by atoms with E-state index in [0.717, 1.165) is 24.7 Å². The van der Waals surface area contributed by atoms with Gasteiger partial charge in [-0.3, -0.25) is 0 Å². The van der Waals surface area contributed by atoms with E-state index in [-0.39, 0.29) is 24.3 Å². The normalized spacial score (nSPS) is 56.3. The van der Waals surface area contributed by atoms with Crippen LogP contribution in [0.4, 0.5) is 0 Å². The van der Waals surface area contributed by atoms with Crippen molar-refractivity contribution in [3.8, 4) is 0 Å². The third-order valence-electron chi connectivity index (χ3n) is 8.84. The minimum atomic E-state index is -0.338. The van der Waals surface area contributed by atoms with Crippen molar-refractivity contribution in [1.29, 1.82) is 0 Å². The zero-order chi connectivity index (χ0) is 19.2. The van der Waals surface area contributed by atoms with Crippen LogP contribution in [0.3, 0.4) is 0 Å². The molecule has 0 aromatic rings. The molecule has 0 aromatic heterocycles. The zero-order valence-corrected chi connectivity index (χ0v) is 17.2. The minimum Gasteiger partial charge on any atom is -0.391 e. The summed E-state index contributed by atoms with van der Waals surface area (Å²) in [5.41, 5.74) is 12.7. The molecule has 6 N–H and O–H groups in total. The third kappa shape index (κ3) is 3.72. The van der Waals surface area contributed by atoms with Gasteiger partial charge in [-0.25, -0.2) is 0 Å². The molecule has 3 fully saturated rings. The largest absolute Gasteiger partial charge is 0.391 e. The second kappa shape index (κ2) is 8.06. The molecule has 0 heterocycles. The van der Waals surface area contributed by atoms with E-state index in [1.165, 1.54) is 25.7 Å². The fourth-order valence-electron chi connectivity index (χ4n) is 6.76. The van der Waals surface area contributed by atoms with Crippen molar-refractivity contribution >= 4 is 0 Å². The molecule has 3 aliphatic carbocycles. The maximum absolute atomic E-state index is 10.3. The summed E-state index contributed by atoms with van der Waals surface area (Å²) in [5.74, 6) is 4.33. The lowest BCUT2D eigenvalue weighted by Gasteiger charge is -2.49. The summed E-state index contributed by atoms with van der Waals surface area (Å²) in [7, 11) is 0. The average molecular weight is 367 g/mol. The van der Waals surface area contributed by atoms with Crippen molar-refractivity contribution in [2.24, 2.45) is 58.8 Å². The summed E-state index contributed by atoms with van der Waals surface area (Å²) in [4.78, 5) is 0. The standard InChI is InChI=1S/C22H42N2O2/c1-11-9-17(13(3)19(23)21(11)25)15-5-7-16(8-6-15)18-10-12(2)22(26)20(24)14(18)4/h11-22,25-26H,5-10,23-24H2,1-4H3. The molecular formula is C22H42N2O2. The van der Waals surface area contributed by atoms with Crippen LogP contribution in [0.2, 0.25) is 0 Å². The van der Waals surface area contributed by atoms with E-state index in [1.54, 1.807) is 0 Å². The van der Waals surface area contributed by atoms with Gasteiger partial charge in [0.05, 0.1) is 12.2 Å². The van der Waals surface area contributed by atoms with Crippen LogP contribution in [0.15, 0.2) is 0 Å². The van der Waals surface area contributed by atoms with Gasteiger partial charge in [-0.15, -0.1) is 0 Å². The highest BCUT2D eigenvalue weighted by Gasteiger charge is 2.45. The van der Waals surface area contributed by atoms with Crippen LogP contribution in [-0.4, -0.2) is 34.5 Å². The topological polar surface area (TPSA) is 92.5 Å². The first kappa shape index (κ1) is 20.6. The van der Waals surface area contributed by atoms with Crippen LogP contribution in [0.5, 0.6) is 0 Å². The van der Waals surface area contributed by atoms with Crippen molar-refractivity contribution in [2.75, 3.05) is 0 Å². The molecule has 0 aromatic carbocycles. The Morgan fingerprint density at radius 1 is 0.615 bits per heavy atom. The van der Waals surface area contributed by atoms with Gasteiger partial charge in [-0.05, 0) is 85.9 Å². The van der Waals surface area contributed by atoms with Crippen LogP contribution in [-0.2, 0) is 0 Å². The van der Waals surface area contributed by atoms with E-state index < -0.39 is 0 Å². The first-order chi connectivity index (χ1) is 12.2. The number of aliphatic hydroxyl groups excluding tert-OH is 2. The van der Waals surface area contributed by atoms with E-state index in [4.69, 9.17) is 11.5 Å². The van der Waals surface area contributed by atoms with Crippen molar-refractivity contribution < 1.29 is 10.2 Å². The summed E-state index contributed by atoms with van der Waals surface area (Å²) in [6, 6.07) is -0.139.